The second-order valence-corrected chi connectivity index (χ2v) is 3.97. The normalized spacial score (nSPS) is 11.1. The Bertz CT molecular complexity index is 681. The molecule has 0 atom stereocenters. The van der Waals surface area contributed by atoms with Crippen molar-refractivity contribution in [1.82, 2.24) is 0 Å². The van der Waals surface area contributed by atoms with Gasteiger partial charge >= 0.3 is 0 Å². The minimum atomic E-state index is -0.561. The Hall–Kier alpha value is -3.02. The fourth-order valence-electron chi connectivity index (χ4n) is 1.77. The van der Waals surface area contributed by atoms with Gasteiger partial charge in [-0.3, -0.25) is 20.2 Å². The predicted octanol–water partition coefficient (Wildman–Crippen LogP) is 3.37. The van der Waals surface area contributed by atoms with Crippen molar-refractivity contribution in [1.29, 1.82) is 0 Å². The van der Waals surface area contributed by atoms with Gasteiger partial charge in [-0.15, -0.1) is 0 Å². The van der Waals surface area contributed by atoms with Gasteiger partial charge in [0, 0.05) is 12.1 Å². The number of hydrogen-bond donors (Lipinski definition) is 0. The van der Waals surface area contributed by atoms with E-state index in [0.717, 1.165) is 0 Å². The summed E-state index contributed by atoms with van der Waals surface area (Å²) in [7, 11) is 0. The second kappa shape index (κ2) is 5.75. The second-order valence-electron chi connectivity index (χ2n) is 3.97. The van der Waals surface area contributed by atoms with Crippen molar-refractivity contribution in [3.63, 3.8) is 0 Å². The van der Waals surface area contributed by atoms with E-state index in [2.05, 4.69) is 0 Å². The molecule has 2 rings (SSSR count). The molecule has 100 valence electrons. The fraction of sp³-hybridized carbons (Fsp3) is 0. The van der Waals surface area contributed by atoms with Gasteiger partial charge in [0.05, 0.1) is 21.0 Å². The molecule has 0 saturated carbocycles. The Balaban J connectivity index is 2.56. The summed E-state index contributed by atoms with van der Waals surface area (Å²) >= 11 is 0. The quantitative estimate of drug-likeness (QED) is 0.484. The van der Waals surface area contributed by atoms with Crippen molar-refractivity contribution < 1.29 is 9.85 Å². The van der Waals surface area contributed by atoms with Gasteiger partial charge in [0.15, 0.2) is 0 Å². The zero-order valence-electron chi connectivity index (χ0n) is 10.3. The highest BCUT2D eigenvalue weighted by molar-refractivity contribution is 5.79. The van der Waals surface area contributed by atoms with Gasteiger partial charge in [0.25, 0.3) is 11.4 Å². The third kappa shape index (κ3) is 2.86. The summed E-state index contributed by atoms with van der Waals surface area (Å²) in [5, 5.41) is 22.1. The first-order chi connectivity index (χ1) is 9.59. The van der Waals surface area contributed by atoms with Crippen LogP contribution in [0, 0.1) is 20.2 Å². The van der Waals surface area contributed by atoms with Crippen LogP contribution in [-0.2, 0) is 0 Å². The standard InChI is InChI=1S/C14H10N2O4/c17-15(18)13-9-5-4-8-12(13)10-14(16(19)20)11-6-2-1-3-7-11/h1-10H/b14-10+. The molecule has 0 aliphatic rings. The van der Waals surface area contributed by atoms with Crippen LogP contribution in [0.25, 0.3) is 11.8 Å². The van der Waals surface area contributed by atoms with Crippen LogP contribution in [0.2, 0.25) is 0 Å². The molecule has 0 heterocycles. The molecule has 0 radical (unpaired) electrons. The Morgan fingerprint density at radius 2 is 1.50 bits per heavy atom. The summed E-state index contributed by atoms with van der Waals surface area (Å²) in [4.78, 5) is 21.0. The molecule has 0 unspecified atom stereocenters. The molecule has 2 aromatic rings. The topological polar surface area (TPSA) is 86.3 Å². The summed E-state index contributed by atoms with van der Waals surface area (Å²) in [5.41, 5.74) is 0.256. The summed E-state index contributed by atoms with van der Waals surface area (Å²) in [6, 6.07) is 14.2. The van der Waals surface area contributed by atoms with E-state index in [1.165, 1.54) is 24.3 Å². The van der Waals surface area contributed by atoms with Crippen LogP contribution in [0.4, 0.5) is 5.69 Å². The van der Waals surface area contributed by atoms with Crippen LogP contribution >= 0.6 is 0 Å². The molecule has 6 nitrogen and oxygen atoms in total. The Kier molecular flexibility index (Phi) is 3.85. The van der Waals surface area contributed by atoms with Crippen molar-refractivity contribution in [2.75, 3.05) is 0 Å². The Labute approximate surface area is 114 Å². The van der Waals surface area contributed by atoms with E-state index in [9.17, 15) is 20.2 Å². The van der Waals surface area contributed by atoms with Gasteiger partial charge in [-0.05, 0) is 18.2 Å². The van der Waals surface area contributed by atoms with Crippen molar-refractivity contribution in [3.05, 3.63) is 86.0 Å². The lowest BCUT2D eigenvalue weighted by Crippen LogP contribution is -1.99. The van der Waals surface area contributed by atoms with Crippen LogP contribution < -0.4 is 0 Å². The van der Waals surface area contributed by atoms with E-state index in [0.29, 0.717) is 5.56 Å². The maximum atomic E-state index is 11.2. The Morgan fingerprint density at radius 3 is 2.10 bits per heavy atom. The highest BCUT2D eigenvalue weighted by Gasteiger charge is 2.18. The van der Waals surface area contributed by atoms with Gasteiger partial charge in [-0.2, -0.15) is 0 Å². The van der Waals surface area contributed by atoms with Crippen molar-refractivity contribution in [2.24, 2.45) is 0 Å². The first-order valence-corrected chi connectivity index (χ1v) is 5.74. The molecule has 0 bridgehead atoms. The zero-order chi connectivity index (χ0) is 14.5. The first-order valence-electron chi connectivity index (χ1n) is 5.74. The number of nitro benzene ring substituents is 1. The summed E-state index contributed by atoms with van der Waals surface area (Å²) in [5.74, 6) is 0. The molecule has 0 fully saturated rings. The SMILES string of the molecule is O=[N+]([O-])/C(=C/c1ccccc1[N+](=O)[O-])c1ccccc1. The van der Waals surface area contributed by atoms with E-state index in [1.807, 2.05) is 0 Å². The summed E-state index contributed by atoms with van der Waals surface area (Å²) in [6.07, 6.45) is 1.22. The molecule has 20 heavy (non-hydrogen) atoms. The largest absolute Gasteiger partial charge is 0.277 e. The summed E-state index contributed by atoms with van der Waals surface area (Å²) < 4.78 is 0. The lowest BCUT2D eigenvalue weighted by molar-refractivity contribution is -0.385. The molecule has 0 spiro atoms. The fourth-order valence-corrected chi connectivity index (χ4v) is 1.77. The van der Waals surface area contributed by atoms with E-state index >= 15 is 0 Å². The van der Waals surface area contributed by atoms with Crippen LogP contribution in [0.1, 0.15) is 11.1 Å². The third-order valence-corrected chi connectivity index (χ3v) is 2.69. The van der Waals surface area contributed by atoms with Crippen molar-refractivity contribution in [2.45, 2.75) is 0 Å². The number of benzene rings is 2. The van der Waals surface area contributed by atoms with E-state index < -0.39 is 9.85 Å². The molecule has 0 aromatic heterocycles. The number of nitro groups is 2. The zero-order valence-corrected chi connectivity index (χ0v) is 10.3. The maximum Gasteiger partial charge on any atom is 0.277 e. The smallest absolute Gasteiger partial charge is 0.258 e. The third-order valence-electron chi connectivity index (χ3n) is 2.69. The van der Waals surface area contributed by atoms with Gasteiger partial charge in [-0.25, -0.2) is 0 Å². The van der Waals surface area contributed by atoms with Gasteiger partial charge in [0.1, 0.15) is 0 Å². The molecule has 0 N–H and O–H groups in total. The maximum absolute atomic E-state index is 11.2. The summed E-state index contributed by atoms with van der Waals surface area (Å²) in [6.45, 7) is 0. The molecule has 0 aliphatic heterocycles. The van der Waals surface area contributed by atoms with E-state index in [4.69, 9.17) is 0 Å². The molecular formula is C14H10N2O4. The van der Waals surface area contributed by atoms with Crippen molar-refractivity contribution in [3.8, 4) is 0 Å². The van der Waals surface area contributed by atoms with Gasteiger partial charge in [-0.1, -0.05) is 30.3 Å². The number of para-hydroxylation sites is 1. The minimum Gasteiger partial charge on any atom is -0.258 e. The van der Waals surface area contributed by atoms with Crippen LogP contribution in [-0.4, -0.2) is 9.85 Å². The number of rotatable bonds is 4. The predicted molar refractivity (Wildman–Crippen MR) is 74.4 cm³/mol. The van der Waals surface area contributed by atoms with Crippen LogP contribution in [0.15, 0.2) is 54.6 Å². The molecule has 6 heteroatoms. The monoisotopic (exact) mass is 270 g/mol. The van der Waals surface area contributed by atoms with Gasteiger partial charge < -0.3 is 0 Å². The number of nitrogens with zero attached hydrogens (tertiary/aromatic N) is 2. The lowest BCUT2D eigenvalue weighted by atomic mass is 10.1. The van der Waals surface area contributed by atoms with E-state index in [1.54, 1.807) is 36.4 Å². The van der Waals surface area contributed by atoms with Gasteiger partial charge in [0.2, 0.25) is 0 Å². The van der Waals surface area contributed by atoms with E-state index in [-0.39, 0.29) is 16.9 Å². The average molecular weight is 270 g/mol. The highest BCUT2D eigenvalue weighted by Crippen LogP contribution is 2.24. The molecule has 0 amide bonds. The Morgan fingerprint density at radius 1 is 0.900 bits per heavy atom. The minimum absolute atomic E-state index is 0.164. The molecular weight excluding hydrogens is 260 g/mol. The van der Waals surface area contributed by atoms with Crippen LogP contribution in [0.5, 0.6) is 0 Å². The average Bonchev–Trinajstić information content (AvgIpc) is 2.45. The highest BCUT2D eigenvalue weighted by atomic mass is 16.6. The van der Waals surface area contributed by atoms with Crippen molar-refractivity contribution >= 4 is 17.5 Å². The molecule has 2 aromatic carbocycles. The first kappa shape index (κ1) is 13.4. The molecule has 0 saturated heterocycles. The van der Waals surface area contributed by atoms with Crippen LogP contribution in [0.3, 0.4) is 0 Å². The molecule has 0 aliphatic carbocycles. The lowest BCUT2D eigenvalue weighted by Gasteiger charge is -2.00. The number of hydrogen-bond acceptors (Lipinski definition) is 4.